The molecule has 1 atom stereocenters. The lowest BCUT2D eigenvalue weighted by atomic mass is 9.80. The first-order chi connectivity index (χ1) is 6.98. The summed E-state index contributed by atoms with van der Waals surface area (Å²) in [5.41, 5.74) is -0.543. The van der Waals surface area contributed by atoms with Crippen LogP contribution in [0, 0.1) is 11.3 Å². The average molecular weight is 215 g/mol. The van der Waals surface area contributed by atoms with E-state index >= 15 is 0 Å². The molecule has 2 N–H and O–H groups in total. The number of aliphatic hydroxyl groups is 1. The normalized spacial score (nSPS) is 23.7. The van der Waals surface area contributed by atoms with Crippen molar-refractivity contribution in [3.8, 4) is 0 Å². The first kappa shape index (κ1) is 12.5. The Morgan fingerprint density at radius 2 is 2.00 bits per heavy atom. The second-order valence-corrected chi connectivity index (χ2v) is 4.95. The minimum atomic E-state index is -0.683. The summed E-state index contributed by atoms with van der Waals surface area (Å²) in [6.45, 7) is 6.55. The van der Waals surface area contributed by atoms with Gasteiger partial charge in [0, 0.05) is 13.2 Å². The minimum Gasteiger partial charge on any atom is -0.481 e. The summed E-state index contributed by atoms with van der Waals surface area (Å²) in [5, 5.41) is 18.0. The van der Waals surface area contributed by atoms with Crippen LogP contribution in [0.4, 0.5) is 0 Å². The van der Waals surface area contributed by atoms with Crippen LogP contribution in [-0.2, 0) is 4.79 Å². The first-order valence-electron chi connectivity index (χ1n) is 5.54. The van der Waals surface area contributed by atoms with Crippen LogP contribution in [0.15, 0.2) is 0 Å². The molecule has 1 unspecified atom stereocenters. The number of aliphatic hydroxyl groups excluding tert-OH is 1. The Morgan fingerprint density at radius 1 is 1.47 bits per heavy atom. The zero-order chi connectivity index (χ0) is 11.5. The van der Waals surface area contributed by atoms with E-state index in [1.807, 2.05) is 13.8 Å². The lowest BCUT2D eigenvalue weighted by Crippen LogP contribution is -2.44. The summed E-state index contributed by atoms with van der Waals surface area (Å²) in [6.07, 6.45) is 1.42. The van der Waals surface area contributed by atoms with E-state index in [1.165, 1.54) is 0 Å². The Hall–Kier alpha value is -0.610. The van der Waals surface area contributed by atoms with Gasteiger partial charge in [-0.1, -0.05) is 6.92 Å². The van der Waals surface area contributed by atoms with Gasteiger partial charge in [0.2, 0.25) is 0 Å². The van der Waals surface area contributed by atoms with E-state index < -0.39 is 11.4 Å². The highest BCUT2D eigenvalue weighted by Gasteiger charge is 2.36. The van der Waals surface area contributed by atoms with E-state index in [-0.39, 0.29) is 12.5 Å². The maximum absolute atomic E-state index is 11.0. The second-order valence-electron chi connectivity index (χ2n) is 4.95. The summed E-state index contributed by atoms with van der Waals surface area (Å²) >= 11 is 0. The SMILES string of the molecule is CC(CO)CN1CCC(C)(C(=O)O)CC1. The highest BCUT2D eigenvalue weighted by atomic mass is 16.4. The van der Waals surface area contributed by atoms with E-state index in [0.717, 1.165) is 19.6 Å². The second kappa shape index (κ2) is 4.94. The zero-order valence-corrected chi connectivity index (χ0v) is 9.57. The molecule has 0 saturated carbocycles. The molecule has 0 aromatic carbocycles. The van der Waals surface area contributed by atoms with Crippen LogP contribution in [0.1, 0.15) is 26.7 Å². The Bertz CT molecular complexity index is 222. The zero-order valence-electron chi connectivity index (χ0n) is 9.57. The fourth-order valence-corrected chi connectivity index (χ4v) is 1.94. The van der Waals surface area contributed by atoms with Gasteiger partial charge in [-0.2, -0.15) is 0 Å². The van der Waals surface area contributed by atoms with Gasteiger partial charge in [-0.05, 0) is 38.8 Å². The largest absolute Gasteiger partial charge is 0.481 e. The van der Waals surface area contributed by atoms with Crippen LogP contribution >= 0.6 is 0 Å². The molecular formula is C11H21NO3. The van der Waals surface area contributed by atoms with Crippen molar-refractivity contribution in [3.63, 3.8) is 0 Å². The molecule has 0 bridgehead atoms. The topological polar surface area (TPSA) is 60.8 Å². The number of hydrogen-bond donors (Lipinski definition) is 2. The first-order valence-corrected chi connectivity index (χ1v) is 5.54. The van der Waals surface area contributed by atoms with E-state index in [1.54, 1.807) is 0 Å². The van der Waals surface area contributed by atoms with Gasteiger partial charge in [0.15, 0.2) is 0 Å². The Labute approximate surface area is 90.9 Å². The number of carboxylic acids is 1. The number of aliphatic carboxylic acids is 1. The molecule has 0 spiro atoms. The smallest absolute Gasteiger partial charge is 0.309 e. The third kappa shape index (κ3) is 3.18. The number of piperidine rings is 1. The van der Waals surface area contributed by atoms with Gasteiger partial charge in [0.05, 0.1) is 5.41 Å². The van der Waals surface area contributed by atoms with Crippen molar-refractivity contribution >= 4 is 5.97 Å². The number of rotatable bonds is 4. The molecule has 0 aromatic rings. The molecule has 0 radical (unpaired) electrons. The van der Waals surface area contributed by atoms with Crippen molar-refractivity contribution in [1.29, 1.82) is 0 Å². The molecule has 1 fully saturated rings. The Morgan fingerprint density at radius 3 is 2.40 bits per heavy atom. The number of likely N-dealkylation sites (tertiary alicyclic amines) is 1. The molecule has 15 heavy (non-hydrogen) atoms. The van der Waals surface area contributed by atoms with Crippen LogP contribution in [0.2, 0.25) is 0 Å². The van der Waals surface area contributed by atoms with Crippen molar-refractivity contribution in [2.24, 2.45) is 11.3 Å². The molecule has 1 aliphatic heterocycles. The molecule has 1 heterocycles. The number of hydrogen-bond acceptors (Lipinski definition) is 3. The predicted molar refractivity (Wildman–Crippen MR) is 57.7 cm³/mol. The molecule has 1 aliphatic rings. The maximum atomic E-state index is 11.0. The van der Waals surface area contributed by atoms with Crippen molar-refractivity contribution in [3.05, 3.63) is 0 Å². The van der Waals surface area contributed by atoms with Gasteiger partial charge in [0.1, 0.15) is 0 Å². The van der Waals surface area contributed by atoms with Crippen LogP contribution in [-0.4, -0.2) is 47.3 Å². The summed E-state index contributed by atoms with van der Waals surface area (Å²) < 4.78 is 0. The highest BCUT2D eigenvalue weighted by molar-refractivity contribution is 5.74. The predicted octanol–water partition coefficient (Wildman–Crippen LogP) is 0.801. The minimum absolute atomic E-state index is 0.201. The lowest BCUT2D eigenvalue weighted by Gasteiger charge is -2.37. The van der Waals surface area contributed by atoms with Crippen LogP contribution in [0.5, 0.6) is 0 Å². The van der Waals surface area contributed by atoms with Gasteiger partial charge < -0.3 is 15.1 Å². The summed E-state index contributed by atoms with van der Waals surface area (Å²) in [4.78, 5) is 13.2. The third-order valence-electron chi connectivity index (χ3n) is 3.36. The quantitative estimate of drug-likeness (QED) is 0.728. The van der Waals surface area contributed by atoms with Gasteiger partial charge in [-0.3, -0.25) is 4.79 Å². The van der Waals surface area contributed by atoms with Crippen molar-refractivity contribution in [1.82, 2.24) is 4.90 Å². The molecule has 0 aliphatic carbocycles. The Kier molecular flexibility index (Phi) is 4.11. The summed E-state index contributed by atoms with van der Waals surface area (Å²) in [5.74, 6) is -0.406. The molecule has 1 rings (SSSR count). The molecule has 0 aromatic heterocycles. The monoisotopic (exact) mass is 215 g/mol. The molecule has 1 saturated heterocycles. The van der Waals surface area contributed by atoms with Crippen LogP contribution in [0.25, 0.3) is 0 Å². The number of carbonyl (C=O) groups is 1. The highest BCUT2D eigenvalue weighted by Crippen LogP contribution is 2.31. The average Bonchev–Trinajstić information content (AvgIpc) is 2.21. The standard InChI is InChI=1S/C11H21NO3/c1-9(8-13)7-12-5-3-11(2,4-6-12)10(14)15/h9,13H,3-8H2,1-2H3,(H,14,15). The summed E-state index contributed by atoms with van der Waals surface area (Å²) in [7, 11) is 0. The van der Waals surface area contributed by atoms with Crippen molar-refractivity contribution in [2.45, 2.75) is 26.7 Å². The number of carboxylic acid groups (broad SMARTS) is 1. The Balaban J connectivity index is 2.39. The van der Waals surface area contributed by atoms with E-state index in [0.29, 0.717) is 12.8 Å². The summed E-state index contributed by atoms with van der Waals surface area (Å²) in [6, 6.07) is 0. The van der Waals surface area contributed by atoms with Gasteiger partial charge in [-0.15, -0.1) is 0 Å². The molecule has 0 amide bonds. The fraction of sp³-hybridized carbons (Fsp3) is 0.909. The fourth-order valence-electron chi connectivity index (χ4n) is 1.94. The van der Waals surface area contributed by atoms with Gasteiger partial charge in [0.25, 0.3) is 0 Å². The van der Waals surface area contributed by atoms with Crippen LogP contribution < -0.4 is 0 Å². The molecule has 88 valence electrons. The van der Waals surface area contributed by atoms with Gasteiger partial charge in [-0.25, -0.2) is 0 Å². The van der Waals surface area contributed by atoms with E-state index in [4.69, 9.17) is 10.2 Å². The van der Waals surface area contributed by atoms with E-state index in [2.05, 4.69) is 4.90 Å². The lowest BCUT2D eigenvalue weighted by molar-refractivity contribution is -0.150. The van der Waals surface area contributed by atoms with Crippen molar-refractivity contribution in [2.75, 3.05) is 26.2 Å². The third-order valence-corrected chi connectivity index (χ3v) is 3.36. The molecular weight excluding hydrogens is 194 g/mol. The van der Waals surface area contributed by atoms with Gasteiger partial charge >= 0.3 is 5.97 Å². The van der Waals surface area contributed by atoms with E-state index in [9.17, 15) is 4.79 Å². The molecule has 4 nitrogen and oxygen atoms in total. The van der Waals surface area contributed by atoms with Crippen molar-refractivity contribution < 1.29 is 15.0 Å². The number of nitrogens with zero attached hydrogens (tertiary/aromatic N) is 1. The van der Waals surface area contributed by atoms with Crippen LogP contribution in [0.3, 0.4) is 0 Å². The molecule has 4 heteroatoms. The maximum Gasteiger partial charge on any atom is 0.309 e.